The fourth-order valence-electron chi connectivity index (χ4n) is 3.04. The van der Waals surface area contributed by atoms with Crippen molar-refractivity contribution in [3.05, 3.63) is 48.2 Å². The fourth-order valence-corrected chi connectivity index (χ4v) is 3.04. The van der Waals surface area contributed by atoms with E-state index in [1.54, 1.807) is 19.1 Å². The molecule has 7 heteroatoms. The Morgan fingerprint density at radius 3 is 2.66 bits per heavy atom. The van der Waals surface area contributed by atoms with Crippen LogP contribution in [0.25, 0.3) is 16.6 Å². The second-order valence-corrected chi connectivity index (χ2v) is 6.43. The normalized spacial score (nSPS) is 10.9. The molecule has 1 heterocycles. The molecule has 0 spiro atoms. The van der Waals surface area contributed by atoms with Crippen LogP contribution in [0.5, 0.6) is 11.5 Å². The zero-order valence-electron chi connectivity index (χ0n) is 16.9. The van der Waals surface area contributed by atoms with Gasteiger partial charge in [0.15, 0.2) is 6.79 Å². The lowest BCUT2D eigenvalue weighted by molar-refractivity contribution is 0.0438. The minimum atomic E-state index is -0.447. The van der Waals surface area contributed by atoms with E-state index in [4.69, 9.17) is 24.7 Å². The minimum Gasteiger partial charge on any atom is -0.494 e. The first-order valence-electron chi connectivity index (χ1n) is 9.55. The van der Waals surface area contributed by atoms with Crippen molar-refractivity contribution in [2.24, 2.45) is 0 Å². The van der Waals surface area contributed by atoms with Gasteiger partial charge in [-0.3, -0.25) is 0 Å². The molecule has 0 atom stereocenters. The maximum Gasteiger partial charge on any atom is 0.341 e. The molecule has 0 saturated heterocycles. The Bertz CT molecular complexity index is 996. The topological polar surface area (TPSA) is 84.9 Å². The van der Waals surface area contributed by atoms with E-state index in [2.05, 4.69) is 6.92 Å². The van der Waals surface area contributed by atoms with Gasteiger partial charge in [0.25, 0.3) is 0 Å². The van der Waals surface area contributed by atoms with Crippen molar-refractivity contribution in [3.8, 4) is 17.2 Å². The number of benzene rings is 2. The van der Waals surface area contributed by atoms with E-state index in [1.807, 2.05) is 35.0 Å². The molecule has 0 unspecified atom stereocenters. The highest BCUT2D eigenvalue weighted by Gasteiger charge is 2.17. The number of aromatic nitrogens is 1. The summed E-state index contributed by atoms with van der Waals surface area (Å²) in [5.41, 5.74) is 8.89. The van der Waals surface area contributed by atoms with E-state index >= 15 is 0 Å². The first-order valence-corrected chi connectivity index (χ1v) is 9.55. The van der Waals surface area contributed by atoms with Gasteiger partial charge in [-0.25, -0.2) is 4.79 Å². The van der Waals surface area contributed by atoms with Gasteiger partial charge in [0.05, 0.1) is 24.4 Å². The number of nitrogens with zero attached hydrogens (tertiary/aromatic N) is 1. The predicted molar refractivity (Wildman–Crippen MR) is 112 cm³/mol. The van der Waals surface area contributed by atoms with Gasteiger partial charge in [-0.15, -0.1) is 0 Å². The number of fused-ring (bicyclic) bond motifs is 1. The largest absolute Gasteiger partial charge is 0.494 e. The number of nitrogen functional groups attached to an aromatic ring is 1. The number of ether oxygens (including phenoxy) is 4. The standard InChI is InChI=1S/C22H26N2O5/c1-4-10-28-16-7-9-17-19(23)13-24(20(17)12-16)15-6-8-18(22(25)27-5-2)21(11-15)29-14-26-3/h6-9,11-13H,4-5,10,14,23H2,1-3H3. The van der Waals surface area contributed by atoms with E-state index in [1.165, 1.54) is 7.11 Å². The average Bonchev–Trinajstić information content (AvgIpc) is 3.06. The zero-order valence-corrected chi connectivity index (χ0v) is 16.9. The monoisotopic (exact) mass is 398 g/mol. The highest BCUT2D eigenvalue weighted by atomic mass is 16.7. The Hall–Kier alpha value is -3.19. The molecule has 3 rings (SSSR count). The quantitative estimate of drug-likeness (QED) is 0.430. The Morgan fingerprint density at radius 2 is 1.93 bits per heavy atom. The molecule has 0 saturated carbocycles. The molecule has 7 nitrogen and oxygen atoms in total. The Kier molecular flexibility index (Phi) is 6.61. The average molecular weight is 398 g/mol. The van der Waals surface area contributed by atoms with Crippen LogP contribution >= 0.6 is 0 Å². The molecule has 3 aromatic rings. The molecule has 154 valence electrons. The van der Waals surface area contributed by atoms with Crippen molar-refractivity contribution in [3.63, 3.8) is 0 Å². The van der Waals surface area contributed by atoms with Crippen molar-refractivity contribution in [2.45, 2.75) is 20.3 Å². The summed E-state index contributed by atoms with van der Waals surface area (Å²) in [5, 5.41) is 0.919. The van der Waals surface area contributed by atoms with Crippen LogP contribution in [0.4, 0.5) is 5.69 Å². The molecule has 2 aromatic carbocycles. The number of methoxy groups -OCH3 is 1. The Morgan fingerprint density at radius 1 is 1.10 bits per heavy atom. The predicted octanol–water partition coefficient (Wildman–Crippen LogP) is 4.16. The number of esters is 1. The van der Waals surface area contributed by atoms with Gasteiger partial charge in [-0.2, -0.15) is 0 Å². The third-order valence-electron chi connectivity index (χ3n) is 4.35. The van der Waals surface area contributed by atoms with E-state index in [0.717, 1.165) is 28.8 Å². The lowest BCUT2D eigenvalue weighted by Gasteiger charge is -2.13. The van der Waals surface area contributed by atoms with Crippen LogP contribution in [0.3, 0.4) is 0 Å². The van der Waals surface area contributed by atoms with Crippen molar-refractivity contribution < 1.29 is 23.7 Å². The number of hydrogen-bond donors (Lipinski definition) is 1. The van der Waals surface area contributed by atoms with Gasteiger partial charge >= 0.3 is 5.97 Å². The van der Waals surface area contributed by atoms with E-state index < -0.39 is 5.97 Å². The van der Waals surface area contributed by atoms with Crippen LogP contribution in [-0.4, -0.2) is 37.7 Å². The molecule has 0 aliphatic heterocycles. The molecular weight excluding hydrogens is 372 g/mol. The molecule has 0 aliphatic carbocycles. The molecule has 0 aliphatic rings. The summed E-state index contributed by atoms with van der Waals surface area (Å²) in [6.45, 7) is 4.76. The van der Waals surface area contributed by atoms with Crippen LogP contribution in [0.1, 0.15) is 30.6 Å². The van der Waals surface area contributed by atoms with Crippen molar-refractivity contribution in [2.75, 3.05) is 32.9 Å². The van der Waals surface area contributed by atoms with Crippen LogP contribution in [0, 0.1) is 0 Å². The maximum atomic E-state index is 12.3. The number of anilines is 1. The summed E-state index contributed by atoms with van der Waals surface area (Å²) in [4.78, 5) is 12.3. The second kappa shape index (κ2) is 9.34. The van der Waals surface area contributed by atoms with E-state index in [0.29, 0.717) is 23.6 Å². The summed E-state index contributed by atoms with van der Waals surface area (Å²) in [7, 11) is 1.52. The third kappa shape index (κ3) is 4.46. The van der Waals surface area contributed by atoms with Crippen LogP contribution in [0.2, 0.25) is 0 Å². The zero-order chi connectivity index (χ0) is 20.8. The van der Waals surface area contributed by atoms with Crippen LogP contribution in [0.15, 0.2) is 42.6 Å². The number of rotatable bonds is 9. The maximum absolute atomic E-state index is 12.3. The summed E-state index contributed by atoms with van der Waals surface area (Å²) < 4.78 is 23.4. The van der Waals surface area contributed by atoms with Gasteiger partial charge in [-0.1, -0.05) is 6.92 Å². The first-order chi connectivity index (χ1) is 14.1. The number of carbonyl (C=O) groups excluding carboxylic acids is 1. The number of carbonyl (C=O) groups is 1. The van der Waals surface area contributed by atoms with Gasteiger partial charge in [-0.05, 0) is 37.6 Å². The number of hydrogen-bond acceptors (Lipinski definition) is 6. The molecule has 0 radical (unpaired) electrons. The van der Waals surface area contributed by atoms with Gasteiger partial charge < -0.3 is 29.2 Å². The Balaban J connectivity index is 2.06. The van der Waals surface area contributed by atoms with Crippen molar-refractivity contribution in [1.82, 2.24) is 4.57 Å². The molecule has 2 N–H and O–H groups in total. The lowest BCUT2D eigenvalue weighted by Crippen LogP contribution is -2.10. The molecule has 1 aromatic heterocycles. The highest BCUT2D eigenvalue weighted by Crippen LogP contribution is 2.32. The molecule has 0 amide bonds. The number of nitrogens with two attached hydrogens (primary N) is 1. The Labute approximate surface area is 169 Å². The minimum absolute atomic E-state index is 0.0133. The van der Waals surface area contributed by atoms with Gasteiger partial charge in [0, 0.05) is 36.5 Å². The van der Waals surface area contributed by atoms with E-state index in [-0.39, 0.29) is 13.4 Å². The van der Waals surface area contributed by atoms with Crippen LogP contribution < -0.4 is 15.2 Å². The molecule has 0 fully saturated rings. The summed E-state index contributed by atoms with van der Waals surface area (Å²) in [5.74, 6) is 0.705. The first kappa shape index (κ1) is 20.5. The summed E-state index contributed by atoms with van der Waals surface area (Å²) in [6.07, 6.45) is 2.77. The summed E-state index contributed by atoms with van der Waals surface area (Å²) >= 11 is 0. The van der Waals surface area contributed by atoms with E-state index in [9.17, 15) is 4.79 Å². The highest BCUT2D eigenvalue weighted by molar-refractivity contribution is 5.95. The molecular formula is C22H26N2O5. The van der Waals surface area contributed by atoms with Gasteiger partial charge in [0.2, 0.25) is 0 Å². The fraction of sp³-hybridized carbons (Fsp3) is 0.318. The summed E-state index contributed by atoms with van der Waals surface area (Å²) in [6, 6.07) is 11.1. The smallest absolute Gasteiger partial charge is 0.341 e. The lowest BCUT2D eigenvalue weighted by atomic mass is 10.1. The molecule has 0 bridgehead atoms. The van der Waals surface area contributed by atoms with Crippen molar-refractivity contribution >= 4 is 22.6 Å². The molecule has 29 heavy (non-hydrogen) atoms. The SMILES string of the molecule is CCCOc1ccc2c(N)cn(-c3ccc(C(=O)OCC)c(OCOC)c3)c2c1. The van der Waals surface area contributed by atoms with Gasteiger partial charge in [0.1, 0.15) is 17.1 Å². The third-order valence-corrected chi connectivity index (χ3v) is 4.35. The van der Waals surface area contributed by atoms with Crippen molar-refractivity contribution in [1.29, 1.82) is 0 Å². The van der Waals surface area contributed by atoms with Crippen LogP contribution in [-0.2, 0) is 9.47 Å². The second-order valence-electron chi connectivity index (χ2n) is 6.43.